The number of hydrogen-bond donors (Lipinski definition) is 1. The summed E-state index contributed by atoms with van der Waals surface area (Å²) in [4.78, 5) is 0. The lowest BCUT2D eigenvalue weighted by Gasteiger charge is -2.11. The van der Waals surface area contributed by atoms with Crippen molar-refractivity contribution in [3.8, 4) is 22.6 Å². The van der Waals surface area contributed by atoms with Crippen molar-refractivity contribution in [2.24, 2.45) is 0 Å². The molecular formula is C21H16F4O3. The number of methoxy groups -OCH3 is 1. The summed E-state index contributed by atoms with van der Waals surface area (Å²) in [5, 5.41) is 8.92. The zero-order chi connectivity index (χ0) is 20.3. The predicted octanol–water partition coefficient (Wildman–Crippen LogP) is 4.99. The molecule has 0 fully saturated rings. The second-order valence-corrected chi connectivity index (χ2v) is 5.94. The van der Waals surface area contributed by atoms with Crippen LogP contribution in [0.1, 0.15) is 11.1 Å². The monoisotopic (exact) mass is 392 g/mol. The maximum absolute atomic E-state index is 14.2. The average Bonchev–Trinajstić information content (AvgIpc) is 2.72. The molecule has 3 aromatic rings. The van der Waals surface area contributed by atoms with Crippen molar-refractivity contribution in [1.82, 2.24) is 0 Å². The molecule has 0 bridgehead atoms. The zero-order valence-corrected chi connectivity index (χ0v) is 14.8. The van der Waals surface area contributed by atoms with E-state index in [1.807, 2.05) is 0 Å². The van der Waals surface area contributed by atoms with Crippen molar-refractivity contribution in [2.45, 2.75) is 13.2 Å². The Kier molecular flexibility index (Phi) is 5.84. The molecule has 0 aliphatic carbocycles. The van der Waals surface area contributed by atoms with Crippen molar-refractivity contribution < 1.29 is 32.1 Å². The zero-order valence-electron chi connectivity index (χ0n) is 14.8. The van der Waals surface area contributed by atoms with Gasteiger partial charge in [0.25, 0.3) is 0 Å². The highest BCUT2D eigenvalue weighted by Crippen LogP contribution is 2.30. The fourth-order valence-corrected chi connectivity index (χ4v) is 2.66. The van der Waals surface area contributed by atoms with Gasteiger partial charge in [0.15, 0.2) is 23.1 Å². The summed E-state index contributed by atoms with van der Waals surface area (Å²) in [6.45, 7) is -0.679. The molecule has 0 aromatic heterocycles. The van der Waals surface area contributed by atoms with Crippen LogP contribution in [-0.4, -0.2) is 12.2 Å². The number of halogens is 4. The fraction of sp³-hybridized carbons (Fsp3) is 0.143. The first-order chi connectivity index (χ1) is 13.5. The molecule has 0 atom stereocenters. The van der Waals surface area contributed by atoms with Gasteiger partial charge in [-0.2, -0.15) is 8.78 Å². The Hall–Kier alpha value is -3.06. The Bertz CT molecular complexity index is 988. The van der Waals surface area contributed by atoms with Crippen molar-refractivity contribution in [1.29, 1.82) is 0 Å². The lowest BCUT2D eigenvalue weighted by atomic mass is 10.0. The van der Waals surface area contributed by atoms with Crippen LogP contribution in [0.5, 0.6) is 11.5 Å². The van der Waals surface area contributed by atoms with Gasteiger partial charge in [0.05, 0.1) is 13.7 Å². The normalized spacial score (nSPS) is 10.8. The molecule has 0 heterocycles. The molecule has 146 valence electrons. The lowest BCUT2D eigenvalue weighted by Crippen LogP contribution is -2.01. The molecule has 3 nitrogen and oxygen atoms in total. The van der Waals surface area contributed by atoms with E-state index >= 15 is 0 Å². The van der Waals surface area contributed by atoms with E-state index < -0.39 is 29.9 Å². The maximum Gasteiger partial charge on any atom is 0.201 e. The van der Waals surface area contributed by atoms with Crippen molar-refractivity contribution >= 4 is 0 Å². The van der Waals surface area contributed by atoms with E-state index in [0.29, 0.717) is 11.1 Å². The van der Waals surface area contributed by atoms with Gasteiger partial charge in [0, 0.05) is 11.1 Å². The summed E-state index contributed by atoms with van der Waals surface area (Å²) < 4.78 is 65.6. The number of hydrogen-bond acceptors (Lipinski definition) is 3. The Morgan fingerprint density at radius 2 is 1.39 bits per heavy atom. The Balaban J connectivity index is 1.76. The van der Waals surface area contributed by atoms with Gasteiger partial charge >= 0.3 is 0 Å². The smallest absolute Gasteiger partial charge is 0.201 e. The molecule has 0 saturated carbocycles. The second kappa shape index (κ2) is 8.31. The summed E-state index contributed by atoms with van der Waals surface area (Å²) in [5.74, 6) is -4.91. The fourth-order valence-electron chi connectivity index (χ4n) is 2.66. The summed E-state index contributed by atoms with van der Waals surface area (Å²) in [5.41, 5.74) is 0.956. The van der Waals surface area contributed by atoms with E-state index in [1.54, 1.807) is 24.3 Å². The Labute approximate surface area is 158 Å². The SMILES string of the molecule is COc1ccc(-c2ccc(COc3ccc(CO)c(F)c3F)cc2)c(F)c1F. The topological polar surface area (TPSA) is 38.7 Å². The van der Waals surface area contributed by atoms with Gasteiger partial charge in [0.1, 0.15) is 6.61 Å². The number of rotatable bonds is 6. The van der Waals surface area contributed by atoms with Gasteiger partial charge in [-0.15, -0.1) is 0 Å². The first kappa shape index (κ1) is 19.7. The molecule has 0 unspecified atom stereocenters. The van der Waals surface area contributed by atoms with Gasteiger partial charge in [-0.3, -0.25) is 0 Å². The highest BCUT2D eigenvalue weighted by Gasteiger charge is 2.16. The molecule has 0 spiro atoms. The second-order valence-electron chi connectivity index (χ2n) is 5.94. The number of aliphatic hydroxyl groups is 1. The van der Waals surface area contributed by atoms with Crippen LogP contribution in [0.3, 0.4) is 0 Å². The van der Waals surface area contributed by atoms with Crippen LogP contribution in [-0.2, 0) is 13.2 Å². The summed E-state index contributed by atoms with van der Waals surface area (Å²) in [6, 6.07) is 11.5. The standard InChI is InChI=1S/C21H16F4O3/c1-27-16-9-7-15(19(23)20(16)24)13-4-2-12(3-5-13)11-28-17-8-6-14(10-26)18(22)21(17)25/h2-9,26H,10-11H2,1H3. The van der Waals surface area contributed by atoms with Gasteiger partial charge in [0.2, 0.25) is 11.6 Å². The van der Waals surface area contributed by atoms with Gasteiger partial charge in [-0.05, 0) is 35.4 Å². The van der Waals surface area contributed by atoms with Crippen LogP contribution in [0, 0.1) is 23.3 Å². The maximum atomic E-state index is 14.2. The van der Waals surface area contributed by atoms with E-state index in [0.717, 1.165) is 0 Å². The molecule has 0 aliphatic heterocycles. The van der Waals surface area contributed by atoms with Crippen LogP contribution in [0.4, 0.5) is 17.6 Å². The molecule has 0 saturated heterocycles. The van der Waals surface area contributed by atoms with Crippen LogP contribution >= 0.6 is 0 Å². The molecule has 0 aliphatic rings. The highest BCUT2D eigenvalue weighted by molar-refractivity contribution is 5.65. The predicted molar refractivity (Wildman–Crippen MR) is 95.0 cm³/mol. The van der Waals surface area contributed by atoms with Crippen molar-refractivity contribution in [2.75, 3.05) is 7.11 Å². The largest absolute Gasteiger partial charge is 0.494 e. The average molecular weight is 392 g/mol. The molecule has 0 radical (unpaired) electrons. The van der Waals surface area contributed by atoms with Crippen molar-refractivity contribution in [3.63, 3.8) is 0 Å². The van der Waals surface area contributed by atoms with Crippen LogP contribution < -0.4 is 9.47 Å². The van der Waals surface area contributed by atoms with Gasteiger partial charge in [-0.25, -0.2) is 8.78 Å². The van der Waals surface area contributed by atoms with E-state index in [9.17, 15) is 17.6 Å². The van der Waals surface area contributed by atoms with Crippen LogP contribution in [0.15, 0.2) is 48.5 Å². The van der Waals surface area contributed by atoms with Crippen LogP contribution in [0.25, 0.3) is 11.1 Å². The molecule has 1 N–H and O–H groups in total. The quantitative estimate of drug-likeness (QED) is 0.601. The Morgan fingerprint density at radius 1 is 0.750 bits per heavy atom. The highest BCUT2D eigenvalue weighted by atomic mass is 19.2. The molecular weight excluding hydrogens is 376 g/mol. The number of benzene rings is 3. The lowest BCUT2D eigenvalue weighted by molar-refractivity contribution is 0.264. The third-order valence-corrected chi connectivity index (χ3v) is 4.22. The third-order valence-electron chi connectivity index (χ3n) is 4.22. The van der Waals surface area contributed by atoms with E-state index in [4.69, 9.17) is 14.6 Å². The minimum Gasteiger partial charge on any atom is -0.494 e. The first-order valence-electron chi connectivity index (χ1n) is 8.28. The van der Waals surface area contributed by atoms with Crippen molar-refractivity contribution in [3.05, 3.63) is 82.9 Å². The summed E-state index contributed by atoms with van der Waals surface area (Å²) in [6.07, 6.45) is 0. The first-order valence-corrected chi connectivity index (χ1v) is 8.28. The van der Waals surface area contributed by atoms with E-state index in [1.165, 1.54) is 31.4 Å². The summed E-state index contributed by atoms with van der Waals surface area (Å²) >= 11 is 0. The number of ether oxygens (including phenoxy) is 2. The minimum absolute atomic E-state index is 0.0609. The van der Waals surface area contributed by atoms with Gasteiger partial charge < -0.3 is 14.6 Å². The Morgan fingerprint density at radius 3 is 2.04 bits per heavy atom. The van der Waals surface area contributed by atoms with E-state index in [2.05, 4.69) is 0 Å². The molecule has 28 heavy (non-hydrogen) atoms. The molecule has 0 amide bonds. The molecule has 3 rings (SSSR count). The third kappa shape index (κ3) is 3.80. The minimum atomic E-state index is -1.18. The number of aliphatic hydroxyl groups excluding tert-OH is 1. The molecule has 7 heteroatoms. The van der Waals surface area contributed by atoms with Gasteiger partial charge in [-0.1, -0.05) is 24.3 Å². The van der Waals surface area contributed by atoms with E-state index in [-0.39, 0.29) is 29.2 Å². The summed E-state index contributed by atoms with van der Waals surface area (Å²) in [7, 11) is 1.25. The van der Waals surface area contributed by atoms with Crippen LogP contribution in [0.2, 0.25) is 0 Å². The molecule has 3 aromatic carbocycles.